The minimum atomic E-state index is -3.01. The number of alkyl halides is 2. The minimum absolute atomic E-state index is 0.329. The number of hydrogen-bond acceptors (Lipinski definition) is 3. The molecule has 0 spiro atoms. The lowest BCUT2D eigenvalue weighted by molar-refractivity contribution is -0.0521. The summed E-state index contributed by atoms with van der Waals surface area (Å²) < 4.78 is 41.9. The van der Waals surface area contributed by atoms with Crippen LogP contribution in [-0.4, -0.2) is 37.2 Å². The van der Waals surface area contributed by atoms with Gasteiger partial charge in [0.1, 0.15) is 0 Å². The number of nitrogens with one attached hydrogen (secondary N) is 1. The largest absolute Gasteiger partial charge is 0.432 e. The van der Waals surface area contributed by atoms with Crippen molar-refractivity contribution < 1.29 is 17.9 Å². The maximum absolute atomic E-state index is 13.6. The average molecular weight is 286 g/mol. The molecule has 3 nitrogen and oxygen atoms in total. The zero-order valence-corrected chi connectivity index (χ0v) is 11.0. The van der Waals surface area contributed by atoms with Gasteiger partial charge in [-0.1, -0.05) is 0 Å². The summed E-state index contributed by atoms with van der Waals surface area (Å²) in [6.07, 6.45) is 2.19. The Bertz CT molecular complexity index is 483. The Morgan fingerprint density at radius 1 is 1.25 bits per heavy atom. The first kappa shape index (κ1) is 13.5. The van der Waals surface area contributed by atoms with Crippen LogP contribution in [0.25, 0.3) is 0 Å². The van der Waals surface area contributed by atoms with Gasteiger partial charge in [-0.2, -0.15) is 8.78 Å². The van der Waals surface area contributed by atoms with Gasteiger partial charge >= 0.3 is 6.61 Å². The van der Waals surface area contributed by atoms with E-state index in [-0.39, 0.29) is 0 Å². The van der Waals surface area contributed by atoms with Gasteiger partial charge in [0.25, 0.3) is 0 Å². The normalized spacial score (nSPS) is 28.7. The summed E-state index contributed by atoms with van der Waals surface area (Å²) in [5.74, 6) is -0.593. The van der Waals surface area contributed by atoms with Crippen molar-refractivity contribution in [3.8, 4) is 5.75 Å². The van der Waals surface area contributed by atoms with Crippen LogP contribution in [0.5, 0.6) is 5.75 Å². The van der Waals surface area contributed by atoms with E-state index in [0.717, 1.165) is 32.5 Å². The van der Waals surface area contributed by atoms with Crippen molar-refractivity contribution in [2.24, 2.45) is 5.92 Å². The van der Waals surface area contributed by atoms with Crippen LogP contribution < -0.4 is 10.1 Å². The van der Waals surface area contributed by atoms with Crippen LogP contribution in [0, 0.1) is 11.7 Å². The monoisotopic (exact) mass is 286 g/mol. The topological polar surface area (TPSA) is 24.5 Å². The molecule has 1 aromatic carbocycles. The summed E-state index contributed by atoms with van der Waals surface area (Å²) >= 11 is 0. The standard InChI is InChI=1S/C14H17F3N2O/c15-11-7-10(1-2-13(11)20-14(16)17)18-12-4-6-19-5-3-9(12)8-19/h1-2,7,9,12,14,18H,3-6,8H2. The van der Waals surface area contributed by atoms with Crippen LogP contribution in [0.4, 0.5) is 18.9 Å². The maximum atomic E-state index is 13.6. The molecule has 0 saturated carbocycles. The molecule has 2 aliphatic heterocycles. The van der Waals surface area contributed by atoms with Crippen molar-refractivity contribution in [3.63, 3.8) is 0 Å². The second-order valence-electron chi connectivity index (χ2n) is 5.41. The summed E-state index contributed by atoms with van der Waals surface area (Å²) in [7, 11) is 0. The van der Waals surface area contributed by atoms with Crippen molar-refractivity contribution >= 4 is 5.69 Å². The van der Waals surface area contributed by atoms with Crippen molar-refractivity contribution in [2.45, 2.75) is 25.5 Å². The fraction of sp³-hybridized carbons (Fsp3) is 0.571. The molecule has 2 aliphatic rings. The fourth-order valence-corrected chi connectivity index (χ4v) is 3.14. The van der Waals surface area contributed by atoms with Gasteiger partial charge in [0.15, 0.2) is 11.6 Å². The highest BCUT2D eigenvalue weighted by molar-refractivity contribution is 5.48. The van der Waals surface area contributed by atoms with Crippen LogP contribution >= 0.6 is 0 Å². The summed E-state index contributed by atoms with van der Waals surface area (Å²) in [5, 5.41) is 3.32. The van der Waals surface area contributed by atoms with Crippen LogP contribution in [0.1, 0.15) is 12.8 Å². The SMILES string of the molecule is Fc1cc(NC2CCN3CCC2C3)ccc1OC(F)F. The number of piperidine rings is 1. The first-order chi connectivity index (χ1) is 9.61. The Hall–Kier alpha value is -1.43. The van der Waals surface area contributed by atoms with Gasteiger partial charge in [-0.15, -0.1) is 0 Å². The Balaban J connectivity index is 1.67. The molecule has 2 saturated heterocycles. The molecule has 20 heavy (non-hydrogen) atoms. The Kier molecular flexibility index (Phi) is 3.74. The molecular formula is C14H17F3N2O. The number of rotatable bonds is 4. The van der Waals surface area contributed by atoms with Crippen molar-refractivity contribution in [1.82, 2.24) is 4.90 Å². The average Bonchev–Trinajstić information content (AvgIpc) is 2.79. The van der Waals surface area contributed by atoms with Crippen molar-refractivity contribution in [2.75, 3.05) is 25.0 Å². The quantitative estimate of drug-likeness (QED) is 0.921. The van der Waals surface area contributed by atoms with Gasteiger partial charge in [0.2, 0.25) is 0 Å². The summed E-state index contributed by atoms with van der Waals surface area (Å²) in [4.78, 5) is 2.43. The molecule has 110 valence electrons. The fourth-order valence-electron chi connectivity index (χ4n) is 3.14. The number of hydrogen-bond donors (Lipinski definition) is 1. The van der Waals surface area contributed by atoms with E-state index < -0.39 is 18.2 Å². The number of halogens is 3. The number of fused-ring (bicyclic) bond motifs is 2. The highest BCUT2D eigenvalue weighted by atomic mass is 19.3. The zero-order chi connectivity index (χ0) is 14.1. The Morgan fingerprint density at radius 3 is 2.80 bits per heavy atom. The highest BCUT2D eigenvalue weighted by Gasteiger charge is 2.34. The first-order valence-corrected chi connectivity index (χ1v) is 6.85. The predicted molar refractivity (Wildman–Crippen MR) is 69.6 cm³/mol. The van der Waals surface area contributed by atoms with Crippen molar-refractivity contribution in [1.29, 1.82) is 0 Å². The molecular weight excluding hydrogens is 269 g/mol. The molecule has 3 atom stereocenters. The molecule has 3 unspecified atom stereocenters. The molecule has 0 radical (unpaired) electrons. The zero-order valence-electron chi connectivity index (χ0n) is 11.0. The minimum Gasteiger partial charge on any atom is -0.432 e. The lowest BCUT2D eigenvalue weighted by Gasteiger charge is -2.31. The van der Waals surface area contributed by atoms with E-state index in [2.05, 4.69) is 15.0 Å². The molecule has 2 bridgehead atoms. The van der Waals surface area contributed by atoms with Crippen LogP contribution in [-0.2, 0) is 0 Å². The van der Waals surface area contributed by atoms with E-state index in [1.165, 1.54) is 12.1 Å². The molecule has 0 amide bonds. The lowest BCUT2D eigenvalue weighted by atomic mass is 9.94. The van der Waals surface area contributed by atoms with E-state index in [1.54, 1.807) is 6.07 Å². The van der Waals surface area contributed by atoms with Gasteiger partial charge in [-0.05, 0) is 37.4 Å². The summed E-state index contributed by atoms with van der Waals surface area (Å²) in [6, 6.07) is 4.38. The van der Waals surface area contributed by atoms with E-state index in [4.69, 9.17) is 0 Å². The summed E-state index contributed by atoms with van der Waals surface area (Å²) in [5.41, 5.74) is 0.620. The van der Waals surface area contributed by atoms with Gasteiger partial charge < -0.3 is 15.0 Å². The Morgan fingerprint density at radius 2 is 2.05 bits per heavy atom. The third kappa shape index (κ3) is 2.85. The van der Waals surface area contributed by atoms with E-state index in [1.807, 2.05) is 0 Å². The van der Waals surface area contributed by atoms with Gasteiger partial charge in [0, 0.05) is 30.9 Å². The number of nitrogens with zero attached hydrogens (tertiary/aromatic N) is 1. The van der Waals surface area contributed by atoms with Crippen molar-refractivity contribution in [3.05, 3.63) is 24.0 Å². The third-order valence-electron chi connectivity index (χ3n) is 4.13. The highest BCUT2D eigenvalue weighted by Crippen LogP contribution is 2.30. The molecule has 2 fully saturated rings. The van der Waals surface area contributed by atoms with Gasteiger partial charge in [-0.25, -0.2) is 4.39 Å². The van der Waals surface area contributed by atoms with E-state index in [9.17, 15) is 13.2 Å². The molecule has 6 heteroatoms. The first-order valence-electron chi connectivity index (χ1n) is 6.85. The summed E-state index contributed by atoms with van der Waals surface area (Å²) in [6.45, 7) is 0.278. The smallest absolute Gasteiger partial charge is 0.387 e. The van der Waals surface area contributed by atoms with Gasteiger partial charge in [0.05, 0.1) is 0 Å². The van der Waals surface area contributed by atoms with E-state index in [0.29, 0.717) is 17.6 Å². The predicted octanol–water partition coefficient (Wildman–Crippen LogP) is 2.93. The number of anilines is 1. The second kappa shape index (κ2) is 5.52. The lowest BCUT2D eigenvalue weighted by Crippen LogP contribution is -2.39. The molecule has 1 aromatic rings. The molecule has 3 rings (SSSR count). The molecule has 1 N–H and O–H groups in total. The van der Waals surface area contributed by atoms with Crippen LogP contribution in [0.2, 0.25) is 0 Å². The number of benzene rings is 1. The second-order valence-corrected chi connectivity index (χ2v) is 5.41. The Labute approximate surface area is 115 Å². The number of ether oxygens (including phenoxy) is 1. The van der Waals surface area contributed by atoms with Crippen LogP contribution in [0.15, 0.2) is 18.2 Å². The third-order valence-corrected chi connectivity index (χ3v) is 4.13. The molecule has 2 heterocycles. The van der Waals surface area contributed by atoms with Gasteiger partial charge in [-0.3, -0.25) is 0 Å². The van der Waals surface area contributed by atoms with E-state index >= 15 is 0 Å². The maximum Gasteiger partial charge on any atom is 0.387 e. The van der Waals surface area contributed by atoms with Crippen LogP contribution in [0.3, 0.4) is 0 Å². The molecule has 0 aromatic heterocycles. The molecule has 0 aliphatic carbocycles.